The minimum atomic E-state index is -0.649. The molecule has 0 bridgehead atoms. The molecule has 1 heterocycles. The molecule has 0 aromatic carbocycles. The summed E-state index contributed by atoms with van der Waals surface area (Å²) in [5.41, 5.74) is -1.06. The molecule has 5 nitrogen and oxygen atoms in total. The van der Waals surface area contributed by atoms with Crippen LogP contribution in [-0.4, -0.2) is 35.6 Å². The molecule has 1 atom stereocenters. The Bertz CT molecular complexity index is 612. The van der Waals surface area contributed by atoms with Crippen LogP contribution in [0.15, 0.2) is 35.9 Å². The van der Waals surface area contributed by atoms with Gasteiger partial charge in [-0.15, -0.1) is 0 Å². The van der Waals surface area contributed by atoms with E-state index in [1.54, 1.807) is 0 Å². The van der Waals surface area contributed by atoms with Crippen molar-refractivity contribution in [3.05, 3.63) is 35.9 Å². The van der Waals surface area contributed by atoms with Crippen LogP contribution in [0.2, 0.25) is 0 Å². The zero-order valence-corrected chi connectivity index (χ0v) is 16.6. The lowest BCUT2D eigenvalue weighted by molar-refractivity contribution is 0.00578. The van der Waals surface area contributed by atoms with E-state index in [4.69, 9.17) is 14.0 Å². The highest BCUT2D eigenvalue weighted by Gasteiger charge is 2.52. The summed E-state index contributed by atoms with van der Waals surface area (Å²) in [5, 5.41) is 2.89. The summed E-state index contributed by atoms with van der Waals surface area (Å²) in [4.78, 5) is 12.1. The number of nitrogens with one attached hydrogen (secondary N) is 1. The smallest absolute Gasteiger partial charge is 0.444 e. The Balaban J connectivity index is 2.09. The fraction of sp³-hybridized carbons (Fsp3) is 0.632. The van der Waals surface area contributed by atoms with Gasteiger partial charge in [-0.2, -0.15) is 0 Å². The molecule has 25 heavy (non-hydrogen) atoms. The second-order valence-electron chi connectivity index (χ2n) is 8.86. The predicted molar refractivity (Wildman–Crippen MR) is 100 cm³/mol. The molecule has 2 rings (SSSR count). The summed E-state index contributed by atoms with van der Waals surface area (Å²) in [6.45, 7) is 15.5. The van der Waals surface area contributed by atoms with E-state index in [0.29, 0.717) is 0 Å². The monoisotopic (exact) mass is 347 g/mol. The highest BCUT2D eigenvalue weighted by molar-refractivity contribution is 6.55. The Morgan fingerprint density at radius 1 is 1.08 bits per heavy atom. The van der Waals surface area contributed by atoms with Gasteiger partial charge in [-0.05, 0) is 60.9 Å². The molecule has 6 heteroatoms. The molecule has 1 fully saturated rings. The number of rotatable bonds is 2. The minimum absolute atomic E-state index is 0.388. The van der Waals surface area contributed by atoms with E-state index in [9.17, 15) is 4.79 Å². The summed E-state index contributed by atoms with van der Waals surface area (Å²) in [6.07, 6.45) is 9.14. The standard InChI is InChI=1S/C19H30BNO4/c1-16(2,3)23-15(22)21-19(8)12-9-10-14(11-13-19)20-24-17(4,5)18(6,7)25-20/h9-13H,1-8H3,(H,21,22). The number of ether oxygens (including phenoxy) is 1. The Hall–Kier alpha value is -1.53. The molecule has 1 aliphatic heterocycles. The maximum absolute atomic E-state index is 12.1. The number of hydrogen-bond acceptors (Lipinski definition) is 4. The van der Waals surface area contributed by atoms with Crippen LogP contribution in [-0.2, 0) is 14.0 Å². The van der Waals surface area contributed by atoms with Crippen molar-refractivity contribution in [1.29, 1.82) is 0 Å². The Morgan fingerprint density at radius 3 is 2.16 bits per heavy atom. The first-order valence-electron chi connectivity index (χ1n) is 8.69. The number of allylic oxidation sites excluding steroid dienone is 4. The second kappa shape index (κ2) is 6.33. The Labute approximate surface area is 151 Å². The maximum Gasteiger partial charge on any atom is 0.494 e. The van der Waals surface area contributed by atoms with Crippen molar-refractivity contribution < 1.29 is 18.8 Å². The summed E-state index contributed by atoms with van der Waals surface area (Å²) < 4.78 is 17.5. The van der Waals surface area contributed by atoms with Gasteiger partial charge < -0.3 is 19.4 Å². The van der Waals surface area contributed by atoms with Crippen molar-refractivity contribution in [3.63, 3.8) is 0 Å². The lowest BCUT2D eigenvalue weighted by Crippen LogP contribution is -2.45. The van der Waals surface area contributed by atoms with E-state index in [0.717, 1.165) is 5.47 Å². The fourth-order valence-electron chi connectivity index (χ4n) is 2.48. The minimum Gasteiger partial charge on any atom is -0.444 e. The average molecular weight is 347 g/mol. The lowest BCUT2D eigenvalue weighted by Gasteiger charge is -2.32. The molecule has 0 saturated carbocycles. The van der Waals surface area contributed by atoms with Gasteiger partial charge in [0.15, 0.2) is 0 Å². The van der Waals surface area contributed by atoms with Crippen LogP contribution in [0, 0.1) is 0 Å². The Kier molecular flexibility index (Phi) is 5.01. The summed E-state index contributed by atoms with van der Waals surface area (Å²) in [7, 11) is -0.435. The van der Waals surface area contributed by atoms with Crippen LogP contribution in [0.1, 0.15) is 55.4 Å². The molecule has 1 saturated heterocycles. The maximum atomic E-state index is 12.1. The first kappa shape index (κ1) is 19.8. The number of carbonyl (C=O) groups is 1. The highest BCUT2D eigenvalue weighted by Crippen LogP contribution is 2.39. The van der Waals surface area contributed by atoms with Crippen molar-refractivity contribution in [3.8, 4) is 0 Å². The van der Waals surface area contributed by atoms with Gasteiger partial charge in [0.1, 0.15) is 5.60 Å². The molecule has 1 N–H and O–H groups in total. The van der Waals surface area contributed by atoms with Crippen LogP contribution < -0.4 is 5.32 Å². The van der Waals surface area contributed by atoms with Gasteiger partial charge in [0.05, 0.1) is 16.7 Å². The van der Waals surface area contributed by atoms with Crippen molar-refractivity contribution in [2.75, 3.05) is 0 Å². The second-order valence-corrected chi connectivity index (χ2v) is 8.86. The SMILES string of the molecule is CC1(NC(=O)OC(C)(C)C)C=CC=C(B2OC(C)(C)C(C)(C)O2)C=C1. The topological polar surface area (TPSA) is 56.8 Å². The molecule has 1 aliphatic carbocycles. The number of alkyl carbamates (subject to hydrolysis) is 1. The largest absolute Gasteiger partial charge is 0.494 e. The number of amides is 1. The van der Waals surface area contributed by atoms with Crippen LogP contribution in [0.5, 0.6) is 0 Å². The molecule has 138 valence electrons. The number of hydrogen-bond donors (Lipinski definition) is 1. The molecular formula is C19H30BNO4. The van der Waals surface area contributed by atoms with Crippen molar-refractivity contribution in [2.45, 2.75) is 77.7 Å². The summed E-state index contributed by atoms with van der Waals surface area (Å²) in [6, 6.07) is 0. The molecule has 2 aliphatic rings. The molecule has 0 radical (unpaired) electrons. The third kappa shape index (κ3) is 4.76. The fourth-order valence-corrected chi connectivity index (χ4v) is 2.48. The third-order valence-corrected chi connectivity index (χ3v) is 4.65. The third-order valence-electron chi connectivity index (χ3n) is 4.65. The van der Waals surface area contributed by atoms with E-state index in [1.165, 1.54) is 0 Å². The molecule has 0 spiro atoms. The van der Waals surface area contributed by atoms with Gasteiger partial charge in [0, 0.05) is 0 Å². The zero-order valence-electron chi connectivity index (χ0n) is 16.6. The van der Waals surface area contributed by atoms with Crippen molar-refractivity contribution in [1.82, 2.24) is 5.32 Å². The van der Waals surface area contributed by atoms with Gasteiger partial charge >= 0.3 is 13.2 Å². The first-order chi connectivity index (χ1) is 11.2. The Morgan fingerprint density at radius 2 is 1.64 bits per heavy atom. The van der Waals surface area contributed by atoms with Gasteiger partial charge in [-0.3, -0.25) is 0 Å². The van der Waals surface area contributed by atoms with E-state index in [1.807, 2.05) is 85.8 Å². The van der Waals surface area contributed by atoms with Crippen LogP contribution in [0.4, 0.5) is 4.79 Å². The molecule has 1 amide bonds. The lowest BCUT2D eigenvalue weighted by atomic mass is 9.77. The summed E-state index contributed by atoms with van der Waals surface area (Å²) in [5.74, 6) is 0. The molecular weight excluding hydrogens is 317 g/mol. The average Bonchev–Trinajstić information content (AvgIpc) is 2.53. The van der Waals surface area contributed by atoms with E-state index in [-0.39, 0.29) is 11.2 Å². The number of carbonyl (C=O) groups excluding carboxylic acids is 1. The highest BCUT2D eigenvalue weighted by atomic mass is 16.7. The normalized spacial score (nSPS) is 27.7. The van der Waals surface area contributed by atoms with E-state index >= 15 is 0 Å². The molecule has 0 aromatic rings. The van der Waals surface area contributed by atoms with Gasteiger partial charge in [0.25, 0.3) is 0 Å². The first-order valence-corrected chi connectivity index (χ1v) is 8.69. The van der Waals surface area contributed by atoms with E-state index < -0.39 is 24.4 Å². The van der Waals surface area contributed by atoms with Gasteiger partial charge in [0.2, 0.25) is 0 Å². The molecule has 1 unspecified atom stereocenters. The zero-order chi connectivity index (χ0) is 19.1. The van der Waals surface area contributed by atoms with Gasteiger partial charge in [-0.25, -0.2) is 4.79 Å². The summed E-state index contributed by atoms with van der Waals surface area (Å²) >= 11 is 0. The van der Waals surface area contributed by atoms with Crippen LogP contribution in [0.25, 0.3) is 0 Å². The van der Waals surface area contributed by atoms with Crippen molar-refractivity contribution >= 4 is 13.2 Å². The van der Waals surface area contributed by atoms with E-state index in [2.05, 4.69) is 5.32 Å². The molecule has 0 aromatic heterocycles. The van der Waals surface area contributed by atoms with Crippen LogP contribution in [0.3, 0.4) is 0 Å². The predicted octanol–water partition coefficient (Wildman–Crippen LogP) is 3.95. The van der Waals surface area contributed by atoms with Crippen molar-refractivity contribution in [2.24, 2.45) is 0 Å². The van der Waals surface area contributed by atoms with Gasteiger partial charge in [-0.1, -0.05) is 30.4 Å². The quantitative estimate of drug-likeness (QED) is 0.769. The van der Waals surface area contributed by atoms with Crippen LogP contribution >= 0.6 is 0 Å².